The molecule has 9 heavy (non-hydrogen) atoms. The van der Waals surface area contributed by atoms with Gasteiger partial charge in [0.05, 0.1) is 0 Å². The Kier molecular flexibility index (Phi) is 2.32. The van der Waals surface area contributed by atoms with Gasteiger partial charge in [-0.25, -0.2) is 0 Å². The number of hydrogen-bond donors (Lipinski definition) is 0. The van der Waals surface area contributed by atoms with Gasteiger partial charge in [-0.3, -0.25) is 0 Å². The summed E-state index contributed by atoms with van der Waals surface area (Å²) in [6.45, 7) is 7.76. The van der Waals surface area contributed by atoms with Crippen molar-refractivity contribution >= 4 is 0 Å². The molecule has 0 aliphatic heterocycles. The summed E-state index contributed by atoms with van der Waals surface area (Å²) < 4.78 is 0. The SMILES string of the molecule is [CH]CC1=CC(C)CCC1. The average molecular weight is 122 g/mol. The quantitative estimate of drug-likeness (QED) is 0.469. The monoisotopic (exact) mass is 122 g/mol. The lowest BCUT2D eigenvalue weighted by Gasteiger charge is -2.15. The maximum Gasteiger partial charge on any atom is -0.0259 e. The van der Waals surface area contributed by atoms with Gasteiger partial charge in [-0.05, 0) is 38.5 Å². The van der Waals surface area contributed by atoms with Gasteiger partial charge in [0.15, 0.2) is 0 Å². The number of hydrogen-bond acceptors (Lipinski definition) is 0. The predicted octanol–water partition coefficient (Wildman–Crippen LogP) is 2.83. The molecule has 0 heterocycles. The molecule has 1 aliphatic carbocycles. The van der Waals surface area contributed by atoms with Crippen LogP contribution < -0.4 is 0 Å². The van der Waals surface area contributed by atoms with Crippen LogP contribution in [0.3, 0.4) is 0 Å². The first kappa shape index (κ1) is 6.85. The van der Waals surface area contributed by atoms with Gasteiger partial charge in [-0.1, -0.05) is 18.6 Å². The number of rotatable bonds is 1. The molecule has 0 spiro atoms. The third kappa shape index (κ3) is 1.85. The fraction of sp³-hybridized carbons (Fsp3) is 0.667. The van der Waals surface area contributed by atoms with E-state index in [1.54, 1.807) is 0 Å². The molecule has 50 valence electrons. The Morgan fingerprint density at radius 3 is 3.00 bits per heavy atom. The van der Waals surface area contributed by atoms with Crippen molar-refractivity contribution in [1.82, 2.24) is 0 Å². The maximum atomic E-state index is 5.50. The Morgan fingerprint density at radius 1 is 1.78 bits per heavy atom. The first-order valence-corrected chi connectivity index (χ1v) is 3.72. The lowest BCUT2D eigenvalue weighted by molar-refractivity contribution is 0.563. The molecule has 0 aromatic carbocycles. The molecule has 0 bridgehead atoms. The second kappa shape index (κ2) is 3.05. The second-order valence-electron chi connectivity index (χ2n) is 2.90. The summed E-state index contributed by atoms with van der Waals surface area (Å²) in [6.07, 6.45) is 7.02. The summed E-state index contributed by atoms with van der Waals surface area (Å²) in [5.41, 5.74) is 1.45. The van der Waals surface area contributed by atoms with E-state index in [9.17, 15) is 0 Å². The molecule has 0 N–H and O–H groups in total. The third-order valence-electron chi connectivity index (χ3n) is 1.94. The zero-order valence-electron chi connectivity index (χ0n) is 6.06. The van der Waals surface area contributed by atoms with Gasteiger partial charge in [-0.15, -0.1) is 0 Å². The Bertz CT molecular complexity index is 111. The van der Waals surface area contributed by atoms with Gasteiger partial charge in [0.2, 0.25) is 0 Å². The summed E-state index contributed by atoms with van der Waals surface area (Å²) in [7, 11) is 0. The Hall–Kier alpha value is -0.260. The second-order valence-corrected chi connectivity index (χ2v) is 2.90. The van der Waals surface area contributed by atoms with Gasteiger partial charge in [0.25, 0.3) is 0 Å². The van der Waals surface area contributed by atoms with Gasteiger partial charge < -0.3 is 0 Å². The van der Waals surface area contributed by atoms with Crippen LogP contribution in [0.1, 0.15) is 32.6 Å². The summed E-state index contributed by atoms with van der Waals surface area (Å²) in [5, 5.41) is 0. The molecule has 0 fully saturated rings. The Morgan fingerprint density at radius 2 is 2.56 bits per heavy atom. The highest BCUT2D eigenvalue weighted by Gasteiger charge is 2.06. The van der Waals surface area contributed by atoms with E-state index in [0.717, 1.165) is 12.3 Å². The molecule has 0 aromatic heterocycles. The highest BCUT2D eigenvalue weighted by molar-refractivity contribution is 5.07. The third-order valence-corrected chi connectivity index (χ3v) is 1.94. The minimum absolute atomic E-state index is 0.768. The van der Waals surface area contributed by atoms with E-state index in [0.29, 0.717) is 0 Å². The average Bonchev–Trinajstić information content (AvgIpc) is 1.88. The fourth-order valence-electron chi connectivity index (χ4n) is 1.39. The van der Waals surface area contributed by atoms with E-state index in [4.69, 9.17) is 6.92 Å². The van der Waals surface area contributed by atoms with Crippen LogP contribution in [0.5, 0.6) is 0 Å². The first-order valence-electron chi connectivity index (χ1n) is 3.72. The lowest BCUT2D eigenvalue weighted by Crippen LogP contribution is -1.99. The Balaban J connectivity index is 2.49. The van der Waals surface area contributed by atoms with E-state index in [-0.39, 0.29) is 0 Å². The highest BCUT2D eigenvalue weighted by Crippen LogP contribution is 2.23. The van der Waals surface area contributed by atoms with Crippen LogP contribution >= 0.6 is 0 Å². The van der Waals surface area contributed by atoms with Gasteiger partial charge >= 0.3 is 0 Å². The minimum atomic E-state index is 0.768. The largest absolute Gasteiger partial charge is 0.0825 e. The number of allylic oxidation sites excluding steroid dienone is 2. The van der Waals surface area contributed by atoms with Crippen molar-refractivity contribution in [2.75, 3.05) is 0 Å². The molecule has 0 aromatic rings. The summed E-state index contributed by atoms with van der Waals surface area (Å²) >= 11 is 0. The molecule has 0 nitrogen and oxygen atoms in total. The van der Waals surface area contributed by atoms with E-state index >= 15 is 0 Å². The fourth-order valence-corrected chi connectivity index (χ4v) is 1.39. The molecule has 1 atom stereocenters. The first-order chi connectivity index (χ1) is 4.33. The summed E-state index contributed by atoms with van der Waals surface area (Å²) in [6, 6.07) is 0. The van der Waals surface area contributed by atoms with Crippen molar-refractivity contribution < 1.29 is 0 Å². The summed E-state index contributed by atoms with van der Waals surface area (Å²) in [5.74, 6) is 0.775. The van der Waals surface area contributed by atoms with Crippen molar-refractivity contribution in [1.29, 1.82) is 0 Å². The van der Waals surface area contributed by atoms with Crippen molar-refractivity contribution in [3.05, 3.63) is 18.6 Å². The molecule has 0 amide bonds. The molecule has 1 unspecified atom stereocenters. The van der Waals surface area contributed by atoms with Gasteiger partial charge in [0.1, 0.15) is 0 Å². The van der Waals surface area contributed by atoms with Crippen LogP contribution in [0.15, 0.2) is 11.6 Å². The zero-order chi connectivity index (χ0) is 6.69. The van der Waals surface area contributed by atoms with Crippen LogP contribution in [0, 0.1) is 12.8 Å². The van der Waals surface area contributed by atoms with Crippen molar-refractivity contribution in [2.24, 2.45) is 5.92 Å². The van der Waals surface area contributed by atoms with Crippen molar-refractivity contribution in [3.63, 3.8) is 0 Å². The molecule has 0 saturated heterocycles. The molecule has 1 rings (SSSR count). The van der Waals surface area contributed by atoms with Gasteiger partial charge in [0, 0.05) is 0 Å². The molecule has 1 aliphatic rings. The normalized spacial score (nSPS) is 27.8. The van der Waals surface area contributed by atoms with Crippen molar-refractivity contribution in [3.8, 4) is 0 Å². The highest BCUT2D eigenvalue weighted by atomic mass is 14.1. The van der Waals surface area contributed by atoms with Crippen LogP contribution in [0.2, 0.25) is 0 Å². The van der Waals surface area contributed by atoms with E-state index < -0.39 is 0 Å². The van der Waals surface area contributed by atoms with Crippen molar-refractivity contribution in [2.45, 2.75) is 32.6 Å². The summed E-state index contributed by atoms with van der Waals surface area (Å²) in [4.78, 5) is 0. The predicted molar refractivity (Wildman–Crippen MR) is 40.0 cm³/mol. The van der Waals surface area contributed by atoms with Crippen LogP contribution in [-0.2, 0) is 0 Å². The van der Waals surface area contributed by atoms with Crippen LogP contribution in [0.25, 0.3) is 0 Å². The van der Waals surface area contributed by atoms with E-state index in [2.05, 4.69) is 13.0 Å². The zero-order valence-corrected chi connectivity index (χ0v) is 6.06. The molecule has 0 heteroatoms. The molecule has 0 saturated carbocycles. The minimum Gasteiger partial charge on any atom is -0.0825 e. The van der Waals surface area contributed by atoms with Crippen LogP contribution in [0.4, 0.5) is 0 Å². The topological polar surface area (TPSA) is 0 Å². The lowest BCUT2D eigenvalue weighted by atomic mass is 9.91. The van der Waals surface area contributed by atoms with E-state index in [1.807, 2.05) is 0 Å². The molecular weight excluding hydrogens is 108 g/mol. The smallest absolute Gasteiger partial charge is 0.0259 e. The van der Waals surface area contributed by atoms with Crippen LogP contribution in [-0.4, -0.2) is 0 Å². The molecule has 2 radical (unpaired) electrons. The molecular formula is C9H14. The maximum absolute atomic E-state index is 5.50. The van der Waals surface area contributed by atoms with Gasteiger partial charge in [-0.2, -0.15) is 0 Å². The Labute approximate surface area is 58.0 Å². The standard InChI is InChI=1S/C9H14/c1-3-9-6-4-5-8(2)7-9/h1,7-8H,3-6H2,2H3. The van der Waals surface area contributed by atoms with E-state index in [1.165, 1.54) is 24.8 Å².